The van der Waals surface area contributed by atoms with Gasteiger partial charge in [-0.15, -0.1) is 0 Å². The Kier molecular flexibility index (Phi) is 5.13. The van der Waals surface area contributed by atoms with Crippen LogP contribution in [0.4, 0.5) is 0 Å². The van der Waals surface area contributed by atoms with E-state index in [0.717, 1.165) is 11.1 Å². The van der Waals surface area contributed by atoms with E-state index in [1.54, 1.807) is 29.2 Å². The maximum Gasteiger partial charge on any atom is 0.251 e. The summed E-state index contributed by atoms with van der Waals surface area (Å²) in [5.74, 6) is -0.217. The number of hydrogen-bond acceptors (Lipinski definition) is 3. The summed E-state index contributed by atoms with van der Waals surface area (Å²) in [7, 11) is 0. The maximum absolute atomic E-state index is 12.2. The van der Waals surface area contributed by atoms with Crippen molar-refractivity contribution >= 4 is 29.1 Å². The Hall–Kier alpha value is -2.37. The molecule has 5 nitrogen and oxygen atoms in total. The topological polar surface area (TPSA) is 59.8 Å². The molecule has 0 aliphatic carbocycles. The summed E-state index contributed by atoms with van der Waals surface area (Å²) in [6.07, 6.45) is 3.18. The van der Waals surface area contributed by atoms with Gasteiger partial charge in [0.1, 0.15) is 12.7 Å². The Bertz CT molecular complexity index is 812. The van der Waals surface area contributed by atoms with Gasteiger partial charge in [-0.3, -0.25) is 4.79 Å². The van der Waals surface area contributed by atoms with Crippen LogP contribution in [0.25, 0.3) is 0 Å². The lowest BCUT2D eigenvalue weighted by Crippen LogP contribution is -2.22. The minimum absolute atomic E-state index is 0.217. The van der Waals surface area contributed by atoms with Gasteiger partial charge in [0.15, 0.2) is 0 Å². The number of nitrogens with zero attached hydrogens (tertiary/aromatic N) is 3. The molecule has 0 atom stereocenters. The number of carbonyl (C=O) groups is 1. The van der Waals surface area contributed by atoms with E-state index in [-0.39, 0.29) is 5.91 Å². The third kappa shape index (κ3) is 4.34. The Morgan fingerprint density at radius 2 is 1.71 bits per heavy atom. The number of rotatable bonds is 5. The van der Waals surface area contributed by atoms with Gasteiger partial charge >= 0.3 is 0 Å². The SMILES string of the molecule is O=C(NCc1ccc(Cn2cncn2)cc1)c1cc(Cl)cc(Cl)c1. The van der Waals surface area contributed by atoms with Crippen LogP contribution in [-0.4, -0.2) is 20.7 Å². The molecule has 0 saturated carbocycles. The van der Waals surface area contributed by atoms with Crippen molar-refractivity contribution in [1.82, 2.24) is 20.1 Å². The largest absolute Gasteiger partial charge is 0.348 e. The highest BCUT2D eigenvalue weighted by atomic mass is 35.5. The molecule has 24 heavy (non-hydrogen) atoms. The minimum Gasteiger partial charge on any atom is -0.348 e. The maximum atomic E-state index is 12.2. The van der Waals surface area contributed by atoms with Gasteiger partial charge in [0.2, 0.25) is 0 Å². The molecule has 0 fully saturated rings. The van der Waals surface area contributed by atoms with Crippen LogP contribution < -0.4 is 5.32 Å². The molecular formula is C17H14Cl2N4O. The number of amides is 1. The highest BCUT2D eigenvalue weighted by molar-refractivity contribution is 6.35. The van der Waals surface area contributed by atoms with E-state index in [9.17, 15) is 4.79 Å². The lowest BCUT2D eigenvalue weighted by molar-refractivity contribution is 0.0951. The van der Waals surface area contributed by atoms with Crippen molar-refractivity contribution < 1.29 is 4.79 Å². The van der Waals surface area contributed by atoms with E-state index in [2.05, 4.69) is 15.4 Å². The molecule has 0 unspecified atom stereocenters. The molecular weight excluding hydrogens is 347 g/mol. The van der Waals surface area contributed by atoms with Gasteiger partial charge in [-0.05, 0) is 29.3 Å². The Morgan fingerprint density at radius 1 is 1.04 bits per heavy atom. The van der Waals surface area contributed by atoms with Crippen LogP contribution in [0.2, 0.25) is 10.0 Å². The molecule has 2 aromatic carbocycles. The molecule has 1 N–H and O–H groups in total. The van der Waals surface area contributed by atoms with Crippen LogP contribution in [-0.2, 0) is 13.1 Å². The van der Waals surface area contributed by atoms with Gasteiger partial charge in [0.25, 0.3) is 5.91 Å². The lowest BCUT2D eigenvalue weighted by atomic mass is 10.1. The first-order valence-corrected chi connectivity index (χ1v) is 8.00. The van der Waals surface area contributed by atoms with E-state index in [1.807, 2.05) is 24.3 Å². The zero-order valence-corrected chi connectivity index (χ0v) is 14.1. The second-order valence-corrected chi connectivity index (χ2v) is 6.12. The normalized spacial score (nSPS) is 10.6. The summed E-state index contributed by atoms with van der Waals surface area (Å²) in [6.45, 7) is 1.08. The Morgan fingerprint density at radius 3 is 2.33 bits per heavy atom. The second kappa shape index (κ2) is 7.47. The molecule has 0 aliphatic heterocycles. The van der Waals surface area contributed by atoms with Crippen LogP contribution in [0.15, 0.2) is 55.1 Å². The standard InChI is InChI=1S/C17H14Cl2N4O/c18-15-5-14(6-16(19)7-15)17(24)21-8-12-1-3-13(4-2-12)9-23-11-20-10-22-23/h1-7,10-11H,8-9H2,(H,21,24). The number of hydrogen-bond donors (Lipinski definition) is 1. The lowest BCUT2D eigenvalue weighted by Gasteiger charge is -2.07. The molecule has 0 aliphatic rings. The van der Waals surface area contributed by atoms with E-state index in [0.29, 0.717) is 28.7 Å². The van der Waals surface area contributed by atoms with E-state index in [1.165, 1.54) is 6.33 Å². The summed E-state index contributed by atoms with van der Waals surface area (Å²) in [5, 5.41) is 7.79. The van der Waals surface area contributed by atoms with Crippen molar-refractivity contribution in [3.8, 4) is 0 Å². The van der Waals surface area contributed by atoms with Crippen molar-refractivity contribution in [2.45, 2.75) is 13.1 Å². The molecule has 1 aromatic heterocycles. The molecule has 1 amide bonds. The number of halogens is 2. The Balaban J connectivity index is 1.59. The first kappa shape index (κ1) is 16.5. The zero-order valence-electron chi connectivity index (χ0n) is 12.6. The fraction of sp³-hybridized carbons (Fsp3) is 0.118. The smallest absolute Gasteiger partial charge is 0.251 e. The monoisotopic (exact) mass is 360 g/mol. The van der Waals surface area contributed by atoms with Crippen molar-refractivity contribution in [3.63, 3.8) is 0 Å². The van der Waals surface area contributed by atoms with Gasteiger partial charge in [0.05, 0.1) is 6.54 Å². The zero-order chi connectivity index (χ0) is 16.9. The first-order valence-electron chi connectivity index (χ1n) is 7.25. The summed E-state index contributed by atoms with van der Waals surface area (Å²) in [4.78, 5) is 16.1. The molecule has 0 spiro atoms. The number of aromatic nitrogens is 3. The predicted octanol–water partition coefficient (Wildman–Crippen LogP) is 3.56. The number of nitrogens with one attached hydrogen (secondary N) is 1. The van der Waals surface area contributed by atoms with Crippen molar-refractivity contribution in [3.05, 3.63) is 81.9 Å². The minimum atomic E-state index is -0.217. The van der Waals surface area contributed by atoms with Gasteiger partial charge in [-0.2, -0.15) is 5.10 Å². The van der Waals surface area contributed by atoms with Crippen molar-refractivity contribution in [2.24, 2.45) is 0 Å². The molecule has 122 valence electrons. The number of carbonyl (C=O) groups excluding carboxylic acids is 1. The summed E-state index contributed by atoms with van der Waals surface area (Å²) in [5.41, 5.74) is 2.55. The number of benzene rings is 2. The third-order valence-electron chi connectivity index (χ3n) is 3.41. The second-order valence-electron chi connectivity index (χ2n) is 5.25. The summed E-state index contributed by atoms with van der Waals surface area (Å²) < 4.78 is 1.75. The third-order valence-corrected chi connectivity index (χ3v) is 3.85. The van der Waals surface area contributed by atoms with Crippen LogP contribution in [0, 0.1) is 0 Å². The van der Waals surface area contributed by atoms with Gasteiger partial charge in [-0.1, -0.05) is 47.5 Å². The molecule has 0 radical (unpaired) electrons. The molecule has 7 heteroatoms. The highest BCUT2D eigenvalue weighted by Crippen LogP contribution is 2.19. The quantitative estimate of drug-likeness (QED) is 0.756. The van der Waals surface area contributed by atoms with Crippen LogP contribution in [0.1, 0.15) is 21.5 Å². The van der Waals surface area contributed by atoms with Crippen molar-refractivity contribution in [1.29, 1.82) is 0 Å². The van der Waals surface area contributed by atoms with Crippen LogP contribution in [0.5, 0.6) is 0 Å². The van der Waals surface area contributed by atoms with E-state index < -0.39 is 0 Å². The molecule has 3 aromatic rings. The average Bonchev–Trinajstić information content (AvgIpc) is 3.06. The van der Waals surface area contributed by atoms with E-state index >= 15 is 0 Å². The van der Waals surface area contributed by atoms with Gasteiger partial charge in [0, 0.05) is 22.2 Å². The molecule has 1 heterocycles. The Labute approximate surface area is 149 Å². The summed E-state index contributed by atoms with van der Waals surface area (Å²) >= 11 is 11.8. The fourth-order valence-electron chi connectivity index (χ4n) is 2.23. The summed E-state index contributed by atoms with van der Waals surface area (Å²) in [6, 6.07) is 12.7. The predicted molar refractivity (Wildman–Crippen MR) is 93.2 cm³/mol. The molecule has 3 rings (SSSR count). The van der Waals surface area contributed by atoms with Crippen LogP contribution >= 0.6 is 23.2 Å². The van der Waals surface area contributed by atoms with Gasteiger partial charge < -0.3 is 5.32 Å². The van der Waals surface area contributed by atoms with E-state index in [4.69, 9.17) is 23.2 Å². The average molecular weight is 361 g/mol. The fourth-order valence-corrected chi connectivity index (χ4v) is 2.76. The molecule has 0 saturated heterocycles. The highest BCUT2D eigenvalue weighted by Gasteiger charge is 2.07. The van der Waals surface area contributed by atoms with Gasteiger partial charge in [-0.25, -0.2) is 9.67 Å². The first-order chi connectivity index (χ1) is 11.6. The van der Waals surface area contributed by atoms with Crippen LogP contribution in [0.3, 0.4) is 0 Å². The molecule has 0 bridgehead atoms. The van der Waals surface area contributed by atoms with Crippen molar-refractivity contribution in [2.75, 3.05) is 0 Å².